The molecule has 14 heavy (non-hydrogen) atoms. The lowest BCUT2D eigenvalue weighted by Gasteiger charge is -2.23. The highest BCUT2D eigenvalue weighted by Crippen LogP contribution is 2.04. The van der Waals surface area contributed by atoms with Crippen LogP contribution in [0.25, 0.3) is 0 Å². The van der Waals surface area contributed by atoms with Crippen molar-refractivity contribution >= 4 is 23.7 Å². The third kappa shape index (κ3) is 4.11. The summed E-state index contributed by atoms with van der Waals surface area (Å²) in [6.45, 7) is 1.32. The summed E-state index contributed by atoms with van der Waals surface area (Å²) in [7, 11) is 0. The number of hydrogen-bond donors (Lipinski definition) is 0. The van der Waals surface area contributed by atoms with Gasteiger partial charge in [-0.15, -0.1) is 0 Å². The van der Waals surface area contributed by atoms with Crippen LogP contribution in [0.5, 0.6) is 0 Å². The third-order valence-electron chi connectivity index (χ3n) is 2.01. The maximum Gasteiger partial charge on any atom is 0.327 e. The number of ether oxygens (including phenoxy) is 1. The summed E-state index contributed by atoms with van der Waals surface area (Å²) in [5.41, 5.74) is 0. The van der Waals surface area contributed by atoms with Crippen LogP contribution in [0.1, 0.15) is 12.8 Å². The van der Waals surface area contributed by atoms with Gasteiger partial charge in [0.1, 0.15) is 0 Å². The molecule has 0 aliphatic carbocycles. The molecule has 0 atom stereocenters. The van der Waals surface area contributed by atoms with E-state index in [0.717, 1.165) is 25.1 Å². The smallest absolute Gasteiger partial charge is 0.327 e. The molecule has 1 saturated heterocycles. The number of nitrogens with zero attached hydrogens (tertiary/aromatic N) is 1. The molecule has 0 bridgehead atoms. The van der Waals surface area contributed by atoms with Crippen molar-refractivity contribution in [3.05, 3.63) is 0 Å². The van der Waals surface area contributed by atoms with Crippen LogP contribution < -0.4 is 0 Å². The van der Waals surface area contributed by atoms with Crippen molar-refractivity contribution in [2.45, 2.75) is 12.8 Å². The van der Waals surface area contributed by atoms with Crippen molar-refractivity contribution in [1.82, 2.24) is 4.90 Å². The van der Waals surface area contributed by atoms with E-state index in [-0.39, 0.29) is 13.1 Å². The average Bonchev–Trinajstić information content (AvgIpc) is 2.11. The summed E-state index contributed by atoms with van der Waals surface area (Å²) < 4.78 is 4.42. The lowest BCUT2D eigenvalue weighted by Crippen LogP contribution is -2.43. The van der Waals surface area contributed by atoms with Gasteiger partial charge in [-0.3, -0.25) is 14.5 Å². The second-order valence-corrected chi connectivity index (χ2v) is 4.24. The number of esters is 2. The number of carbonyl (C=O) groups is 2. The van der Waals surface area contributed by atoms with Crippen molar-refractivity contribution < 1.29 is 14.3 Å². The summed E-state index contributed by atoms with van der Waals surface area (Å²) >= 11 is 1.81. The number of hydrogen-bond acceptors (Lipinski definition) is 5. The summed E-state index contributed by atoms with van der Waals surface area (Å²) in [6.07, 6.45) is 4.23. The van der Waals surface area contributed by atoms with E-state index in [1.807, 2.05) is 16.7 Å². The van der Waals surface area contributed by atoms with E-state index < -0.39 is 11.9 Å². The molecule has 4 nitrogen and oxygen atoms in total. The van der Waals surface area contributed by atoms with Gasteiger partial charge in [0, 0.05) is 0 Å². The van der Waals surface area contributed by atoms with E-state index >= 15 is 0 Å². The van der Waals surface area contributed by atoms with Crippen LogP contribution in [0.3, 0.4) is 0 Å². The number of morpholine rings is 1. The van der Waals surface area contributed by atoms with Gasteiger partial charge in [-0.25, -0.2) is 0 Å². The SMILES string of the molecule is CSCCCCN1CC(=O)OC(=O)C1. The number of rotatable bonds is 5. The Labute approximate surface area is 88.0 Å². The van der Waals surface area contributed by atoms with Gasteiger partial charge in [-0.05, 0) is 31.4 Å². The average molecular weight is 217 g/mol. The number of carbonyl (C=O) groups excluding carboxylic acids is 2. The normalized spacial score (nSPS) is 18.4. The van der Waals surface area contributed by atoms with Crippen molar-refractivity contribution in [3.63, 3.8) is 0 Å². The molecule has 0 radical (unpaired) electrons. The molecule has 1 rings (SSSR count). The van der Waals surface area contributed by atoms with Gasteiger partial charge in [0.05, 0.1) is 13.1 Å². The van der Waals surface area contributed by atoms with Crippen molar-refractivity contribution in [1.29, 1.82) is 0 Å². The Morgan fingerprint density at radius 1 is 1.29 bits per heavy atom. The monoisotopic (exact) mass is 217 g/mol. The van der Waals surface area contributed by atoms with Crippen molar-refractivity contribution in [3.8, 4) is 0 Å². The fourth-order valence-electron chi connectivity index (χ4n) is 1.35. The van der Waals surface area contributed by atoms with Crippen LogP contribution >= 0.6 is 11.8 Å². The van der Waals surface area contributed by atoms with Gasteiger partial charge in [-0.2, -0.15) is 11.8 Å². The highest BCUT2D eigenvalue weighted by Gasteiger charge is 2.23. The molecule has 0 amide bonds. The van der Waals surface area contributed by atoms with E-state index in [2.05, 4.69) is 11.0 Å². The molecule has 80 valence electrons. The first kappa shape index (κ1) is 11.5. The van der Waals surface area contributed by atoms with E-state index in [9.17, 15) is 9.59 Å². The first-order valence-corrected chi connectivity index (χ1v) is 6.06. The zero-order valence-corrected chi connectivity index (χ0v) is 9.14. The van der Waals surface area contributed by atoms with E-state index in [4.69, 9.17) is 0 Å². The topological polar surface area (TPSA) is 46.6 Å². The molecule has 1 aliphatic rings. The Morgan fingerprint density at radius 3 is 2.50 bits per heavy atom. The van der Waals surface area contributed by atoms with Crippen LogP contribution in [-0.2, 0) is 14.3 Å². The molecule has 0 spiro atoms. The first-order valence-electron chi connectivity index (χ1n) is 4.67. The molecule has 0 aromatic rings. The standard InChI is InChI=1S/C9H15NO3S/c1-14-5-3-2-4-10-6-8(11)13-9(12)7-10/h2-7H2,1H3. The van der Waals surface area contributed by atoms with Gasteiger partial charge in [0.25, 0.3) is 0 Å². The second-order valence-electron chi connectivity index (χ2n) is 3.26. The number of cyclic esters (lactones) is 2. The van der Waals surface area contributed by atoms with E-state index in [1.54, 1.807) is 0 Å². The maximum atomic E-state index is 10.9. The van der Waals surface area contributed by atoms with Crippen molar-refractivity contribution in [2.75, 3.05) is 31.6 Å². The van der Waals surface area contributed by atoms with Crippen LogP contribution in [0.2, 0.25) is 0 Å². The van der Waals surface area contributed by atoms with Gasteiger partial charge < -0.3 is 4.74 Å². The fourth-order valence-corrected chi connectivity index (χ4v) is 1.85. The summed E-state index contributed by atoms with van der Waals surface area (Å²) in [5, 5.41) is 0. The predicted molar refractivity (Wildman–Crippen MR) is 55.2 cm³/mol. The van der Waals surface area contributed by atoms with Gasteiger partial charge >= 0.3 is 11.9 Å². The highest BCUT2D eigenvalue weighted by atomic mass is 32.2. The minimum atomic E-state index is -0.425. The molecule has 1 heterocycles. The molecule has 0 aromatic carbocycles. The second kappa shape index (κ2) is 6.03. The molecule has 0 N–H and O–H groups in total. The molecule has 1 fully saturated rings. The molecule has 0 saturated carbocycles. The summed E-state index contributed by atoms with van der Waals surface area (Å²) in [4.78, 5) is 23.6. The Bertz CT molecular complexity index is 204. The molecular formula is C9H15NO3S. The first-order chi connectivity index (χ1) is 6.72. The molecule has 0 aromatic heterocycles. The quantitative estimate of drug-likeness (QED) is 0.381. The fraction of sp³-hybridized carbons (Fsp3) is 0.778. The predicted octanol–water partition coefficient (Wildman–Crippen LogP) is 0.515. The van der Waals surface area contributed by atoms with Gasteiger partial charge in [0.15, 0.2) is 0 Å². The maximum absolute atomic E-state index is 10.9. The molecule has 0 unspecified atom stereocenters. The highest BCUT2D eigenvalue weighted by molar-refractivity contribution is 7.98. The van der Waals surface area contributed by atoms with Crippen LogP contribution in [0, 0.1) is 0 Å². The number of thioether (sulfide) groups is 1. The molecule has 1 aliphatic heterocycles. The van der Waals surface area contributed by atoms with E-state index in [0.29, 0.717) is 0 Å². The molecular weight excluding hydrogens is 202 g/mol. The van der Waals surface area contributed by atoms with Crippen molar-refractivity contribution in [2.24, 2.45) is 0 Å². The zero-order valence-electron chi connectivity index (χ0n) is 8.32. The minimum absolute atomic E-state index is 0.255. The van der Waals surface area contributed by atoms with Gasteiger partial charge in [0.2, 0.25) is 0 Å². The summed E-state index contributed by atoms with van der Waals surface area (Å²) in [5.74, 6) is 0.281. The van der Waals surface area contributed by atoms with Crippen LogP contribution in [0.4, 0.5) is 0 Å². The Hall–Kier alpha value is -0.550. The third-order valence-corrected chi connectivity index (χ3v) is 2.70. The van der Waals surface area contributed by atoms with Gasteiger partial charge in [-0.1, -0.05) is 0 Å². The van der Waals surface area contributed by atoms with Crippen LogP contribution in [-0.4, -0.2) is 48.5 Å². The largest absolute Gasteiger partial charge is 0.391 e. The Morgan fingerprint density at radius 2 is 1.93 bits per heavy atom. The lowest BCUT2D eigenvalue weighted by atomic mass is 10.3. The summed E-state index contributed by atoms with van der Waals surface area (Å²) in [6, 6.07) is 0. The van der Waals surface area contributed by atoms with Crippen LogP contribution in [0.15, 0.2) is 0 Å². The lowest BCUT2D eigenvalue weighted by molar-refractivity contribution is -0.166. The van der Waals surface area contributed by atoms with E-state index in [1.165, 1.54) is 0 Å². The zero-order chi connectivity index (χ0) is 10.4. The minimum Gasteiger partial charge on any atom is -0.391 e. The molecule has 5 heteroatoms. The Balaban J connectivity index is 2.17. The number of unbranched alkanes of at least 4 members (excludes halogenated alkanes) is 1. The Kier molecular flexibility index (Phi) is 4.97.